The first kappa shape index (κ1) is 17.1. The molecule has 1 aromatic carbocycles. The van der Waals surface area contributed by atoms with Crippen molar-refractivity contribution in [2.24, 2.45) is 0 Å². The van der Waals surface area contributed by atoms with Gasteiger partial charge in [0.15, 0.2) is 15.5 Å². The van der Waals surface area contributed by atoms with Crippen LogP contribution in [-0.2, 0) is 27.7 Å². The molecule has 4 rings (SSSR count). The first-order valence-corrected chi connectivity index (χ1v) is 10.3. The minimum atomic E-state index is -3.16. The van der Waals surface area contributed by atoms with Crippen LogP contribution in [0.4, 0.5) is 0 Å². The molecule has 8 heteroatoms. The first-order valence-electron chi connectivity index (χ1n) is 8.41. The van der Waals surface area contributed by atoms with Crippen molar-refractivity contribution >= 4 is 21.0 Å². The summed E-state index contributed by atoms with van der Waals surface area (Å²) in [6, 6.07) is 10.9. The van der Waals surface area contributed by atoms with Gasteiger partial charge >= 0.3 is 0 Å². The van der Waals surface area contributed by atoms with E-state index in [1.54, 1.807) is 18.3 Å². The summed E-state index contributed by atoms with van der Waals surface area (Å²) >= 11 is 0. The van der Waals surface area contributed by atoms with E-state index in [4.69, 9.17) is 4.74 Å². The van der Waals surface area contributed by atoms with Gasteiger partial charge in [0.25, 0.3) is 0 Å². The van der Waals surface area contributed by atoms with Crippen LogP contribution < -0.4 is 5.32 Å². The molecule has 3 heterocycles. The predicted molar refractivity (Wildman–Crippen MR) is 97.5 cm³/mol. The molecule has 0 fully saturated rings. The number of fused-ring (bicyclic) bond motifs is 3. The fourth-order valence-corrected chi connectivity index (χ4v) is 3.84. The molecule has 0 spiro atoms. The Morgan fingerprint density at radius 3 is 2.85 bits per heavy atom. The highest BCUT2D eigenvalue weighted by Gasteiger charge is 2.24. The van der Waals surface area contributed by atoms with Gasteiger partial charge in [-0.2, -0.15) is 0 Å². The molecular formula is C18H20N4O3S. The van der Waals surface area contributed by atoms with E-state index in [9.17, 15) is 8.42 Å². The van der Waals surface area contributed by atoms with Crippen LogP contribution in [0.3, 0.4) is 0 Å². The Balaban J connectivity index is 1.45. The highest BCUT2D eigenvalue weighted by molar-refractivity contribution is 7.90. The monoisotopic (exact) mass is 372 g/mol. The Morgan fingerprint density at radius 2 is 2.08 bits per heavy atom. The summed E-state index contributed by atoms with van der Waals surface area (Å²) in [5.41, 5.74) is 2.80. The van der Waals surface area contributed by atoms with E-state index >= 15 is 0 Å². The number of sulfone groups is 1. The maximum absolute atomic E-state index is 11.5. The van der Waals surface area contributed by atoms with E-state index in [1.807, 2.05) is 24.3 Å². The third-order valence-corrected chi connectivity index (χ3v) is 5.62. The van der Waals surface area contributed by atoms with Gasteiger partial charge in [0.2, 0.25) is 0 Å². The highest BCUT2D eigenvalue weighted by Crippen LogP contribution is 2.24. The molecule has 1 atom stereocenters. The summed E-state index contributed by atoms with van der Waals surface area (Å²) in [6.07, 6.45) is 2.99. The number of aromatic nitrogens is 3. The molecule has 1 aliphatic heterocycles. The average molecular weight is 372 g/mol. The molecule has 1 aliphatic rings. The van der Waals surface area contributed by atoms with Gasteiger partial charge in [-0.15, -0.1) is 0 Å². The molecule has 1 unspecified atom stereocenters. The van der Waals surface area contributed by atoms with Crippen LogP contribution in [-0.4, -0.2) is 42.4 Å². The Kier molecular flexibility index (Phi) is 4.47. The van der Waals surface area contributed by atoms with Crippen molar-refractivity contribution in [3.05, 3.63) is 54.0 Å². The van der Waals surface area contributed by atoms with Gasteiger partial charge in [-0.25, -0.2) is 18.4 Å². The molecule has 2 aromatic heterocycles. The number of pyridine rings is 1. The van der Waals surface area contributed by atoms with Gasteiger partial charge in [0, 0.05) is 25.5 Å². The van der Waals surface area contributed by atoms with Crippen LogP contribution in [0.2, 0.25) is 0 Å². The fraction of sp³-hybridized carbons (Fsp3) is 0.333. The van der Waals surface area contributed by atoms with Crippen molar-refractivity contribution in [2.45, 2.75) is 24.1 Å². The topological polar surface area (TPSA) is 86.1 Å². The summed E-state index contributed by atoms with van der Waals surface area (Å²) in [5, 5.41) is 3.42. The highest BCUT2D eigenvalue weighted by atomic mass is 32.2. The number of nitrogens with zero attached hydrogens (tertiary/aromatic N) is 3. The van der Waals surface area contributed by atoms with Crippen molar-refractivity contribution in [2.75, 3.05) is 19.4 Å². The number of hydrogen-bond acceptors (Lipinski definition) is 6. The molecule has 1 N–H and O–H groups in total. The standard InChI is InChI=1S/C18H20N4O3S/c1-26(23,24)15-6-4-13(5-7-15)9-19-10-14-11-25-12-17-21-16-3-2-8-20-18(16)22(14)17/h2-8,14,19H,9-12H2,1H3. The number of rotatable bonds is 5. The SMILES string of the molecule is CS(=O)(=O)c1ccc(CNCC2COCc3nc4cccnc4n32)cc1. The summed E-state index contributed by atoms with van der Waals surface area (Å²) in [7, 11) is -3.16. The molecule has 7 nitrogen and oxygen atoms in total. The van der Waals surface area contributed by atoms with Crippen LogP contribution in [0, 0.1) is 0 Å². The van der Waals surface area contributed by atoms with Crippen LogP contribution in [0.15, 0.2) is 47.5 Å². The van der Waals surface area contributed by atoms with E-state index in [0.717, 1.165) is 22.6 Å². The first-order chi connectivity index (χ1) is 12.5. The van der Waals surface area contributed by atoms with Gasteiger partial charge in [0.1, 0.15) is 17.9 Å². The molecule has 0 saturated carbocycles. The third-order valence-electron chi connectivity index (χ3n) is 4.49. The summed E-state index contributed by atoms with van der Waals surface area (Å²) in [4.78, 5) is 9.39. The summed E-state index contributed by atoms with van der Waals surface area (Å²) < 4.78 is 30.9. The van der Waals surface area contributed by atoms with Crippen LogP contribution in [0.5, 0.6) is 0 Å². The van der Waals surface area contributed by atoms with Crippen molar-refractivity contribution in [3.63, 3.8) is 0 Å². The minimum absolute atomic E-state index is 0.119. The van der Waals surface area contributed by atoms with E-state index in [2.05, 4.69) is 19.9 Å². The second kappa shape index (κ2) is 6.79. The van der Waals surface area contributed by atoms with Crippen LogP contribution in [0.1, 0.15) is 17.4 Å². The quantitative estimate of drug-likeness (QED) is 0.734. The van der Waals surface area contributed by atoms with Crippen LogP contribution >= 0.6 is 0 Å². The smallest absolute Gasteiger partial charge is 0.175 e. The minimum Gasteiger partial charge on any atom is -0.371 e. The third kappa shape index (κ3) is 3.35. The van der Waals surface area contributed by atoms with Crippen molar-refractivity contribution < 1.29 is 13.2 Å². The van der Waals surface area contributed by atoms with E-state index in [0.29, 0.717) is 31.2 Å². The van der Waals surface area contributed by atoms with Gasteiger partial charge in [-0.3, -0.25) is 0 Å². The molecular weight excluding hydrogens is 352 g/mol. The maximum atomic E-state index is 11.5. The molecule has 0 amide bonds. The van der Waals surface area contributed by atoms with Gasteiger partial charge in [0.05, 0.1) is 17.5 Å². The lowest BCUT2D eigenvalue weighted by Gasteiger charge is -2.26. The lowest BCUT2D eigenvalue weighted by atomic mass is 10.2. The zero-order valence-electron chi connectivity index (χ0n) is 14.4. The number of nitrogens with one attached hydrogen (secondary N) is 1. The molecule has 0 radical (unpaired) electrons. The fourth-order valence-electron chi connectivity index (χ4n) is 3.21. The van der Waals surface area contributed by atoms with E-state index < -0.39 is 9.84 Å². The summed E-state index contributed by atoms with van der Waals surface area (Å²) in [6.45, 7) is 2.47. The van der Waals surface area contributed by atoms with Crippen LogP contribution in [0.25, 0.3) is 11.2 Å². The lowest BCUT2D eigenvalue weighted by Crippen LogP contribution is -2.32. The van der Waals surface area contributed by atoms with E-state index in [-0.39, 0.29) is 6.04 Å². The largest absolute Gasteiger partial charge is 0.371 e. The van der Waals surface area contributed by atoms with Crippen molar-refractivity contribution in [1.29, 1.82) is 0 Å². The second-order valence-corrected chi connectivity index (χ2v) is 8.48. The molecule has 26 heavy (non-hydrogen) atoms. The molecule has 0 bridgehead atoms. The number of benzene rings is 1. The van der Waals surface area contributed by atoms with Gasteiger partial charge in [-0.1, -0.05) is 12.1 Å². The second-order valence-electron chi connectivity index (χ2n) is 6.46. The average Bonchev–Trinajstić information content (AvgIpc) is 3.01. The molecule has 0 aliphatic carbocycles. The number of hydrogen-bond donors (Lipinski definition) is 1. The Morgan fingerprint density at radius 1 is 1.27 bits per heavy atom. The zero-order chi connectivity index (χ0) is 18.1. The lowest BCUT2D eigenvalue weighted by molar-refractivity contribution is 0.0561. The van der Waals surface area contributed by atoms with Gasteiger partial charge < -0.3 is 14.6 Å². The van der Waals surface area contributed by atoms with E-state index in [1.165, 1.54) is 6.26 Å². The number of imidazole rings is 1. The normalized spacial score (nSPS) is 17.3. The Hall–Kier alpha value is -2.29. The Labute approximate surface area is 152 Å². The van der Waals surface area contributed by atoms with Crippen molar-refractivity contribution in [1.82, 2.24) is 19.9 Å². The number of ether oxygens (including phenoxy) is 1. The maximum Gasteiger partial charge on any atom is 0.175 e. The molecule has 3 aromatic rings. The van der Waals surface area contributed by atoms with Gasteiger partial charge in [-0.05, 0) is 29.8 Å². The molecule has 0 saturated heterocycles. The Bertz CT molecular complexity index is 1030. The zero-order valence-corrected chi connectivity index (χ0v) is 15.2. The van der Waals surface area contributed by atoms with Crippen molar-refractivity contribution in [3.8, 4) is 0 Å². The summed E-state index contributed by atoms with van der Waals surface area (Å²) in [5.74, 6) is 0.897. The predicted octanol–water partition coefficient (Wildman–Crippen LogP) is 1.70. The molecule has 136 valence electrons.